The van der Waals surface area contributed by atoms with Crippen molar-refractivity contribution in [1.29, 1.82) is 0 Å². The van der Waals surface area contributed by atoms with Crippen molar-refractivity contribution < 1.29 is 9.59 Å². The number of aromatic nitrogens is 2. The predicted molar refractivity (Wildman–Crippen MR) is 104 cm³/mol. The van der Waals surface area contributed by atoms with Gasteiger partial charge in [-0.3, -0.25) is 19.6 Å². The lowest BCUT2D eigenvalue weighted by molar-refractivity contribution is -0.114. The smallest absolute Gasteiger partial charge is 0.274 e. The van der Waals surface area contributed by atoms with Gasteiger partial charge < -0.3 is 16.0 Å². The molecule has 0 aliphatic carbocycles. The number of benzene rings is 1. The van der Waals surface area contributed by atoms with Crippen LogP contribution in [0.4, 0.5) is 17.1 Å². The third-order valence-electron chi connectivity index (χ3n) is 3.68. The van der Waals surface area contributed by atoms with Gasteiger partial charge in [0.05, 0.1) is 0 Å². The van der Waals surface area contributed by atoms with Crippen LogP contribution in [-0.2, 0) is 11.3 Å². The number of nitrogens with zero attached hydrogens (tertiary/aromatic N) is 2. The Morgan fingerprint density at radius 1 is 0.926 bits per heavy atom. The number of nitrogens with one attached hydrogen (secondary N) is 3. The molecule has 3 N–H and O–H groups in total. The van der Waals surface area contributed by atoms with Crippen molar-refractivity contribution in [3.63, 3.8) is 0 Å². The topological polar surface area (TPSA) is 96.0 Å². The average molecular weight is 361 g/mol. The van der Waals surface area contributed by atoms with Crippen LogP contribution >= 0.6 is 0 Å². The summed E-state index contributed by atoms with van der Waals surface area (Å²) in [5.41, 5.74) is 3.42. The third-order valence-corrected chi connectivity index (χ3v) is 3.68. The van der Waals surface area contributed by atoms with Gasteiger partial charge in [-0.05, 0) is 48.0 Å². The van der Waals surface area contributed by atoms with Crippen molar-refractivity contribution >= 4 is 28.9 Å². The highest BCUT2D eigenvalue weighted by Crippen LogP contribution is 2.15. The molecule has 0 saturated heterocycles. The van der Waals surface area contributed by atoms with Crippen molar-refractivity contribution in [2.75, 3.05) is 16.0 Å². The third kappa shape index (κ3) is 5.37. The zero-order chi connectivity index (χ0) is 19.1. The maximum absolute atomic E-state index is 12.4. The van der Waals surface area contributed by atoms with Gasteiger partial charge in [-0.15, -0.1) is 0 Å². The Balaban J connectivity index is 1.62. The van der Waals surface area contributed by atoms with E-state index in [0.29, 0.717) is 23.6 Å². The number of hydrogen-bond acceptors (Lipinski definition) is 5. The fourth-order valence-electron chi connectivity index (χ4n) is 2.41. The Hall–Kier alpha value is -3.74. The van der Waals surface area contributed by atoms with Crippen LogP contribution in [0.25, 0.3) is 0 Å². The van der Waals surface area contributed by atoms with E-state index in [4.69, 9.17) is 0 Å². The highest BCUT2D eigenvalue weighted by atomic mass is 16.2. The molecule has 0 atom stereocenters. The second-order valence-electron chi connectivity index (χ2n) is 5.86. The SMILES string of the molecule is CC(=O)Nc1ccc(NC(=O)c2cc(NCc3cccnc3)ccn2)cc1. The minimum Gasteiger partial charge on any atom is -0.381 e. The van der Waals surface area contributed by atoms with E-state index in [1.54, 1.807) is 55.0 Å². The van der Waals surface area contributed by atoms with Gasteiger partial charge in [-0.25, -0.2) is 0 Å². The van der Waals surface area contributed by atoms with Crippen LogP contribution in [-0.4, -0.2) is 21.8 Å². The van der Waals surface area contributed by atoms with Crippen LogP contribution < -0.4 is 16.0 Å². The van der Waals surface area contributed by atoms with Gasteiger partial charge in [0.2, 0.25) is 5.91 Å². The molecule has 3 aromatic rings. The van der Waals surface area contributed by atoms with Gasteiger partial charge >= 0.3 is 0 Å². The summed E-state index contributed by atoms with van der Waals surface area (Å²) >= 11 is 0. The number of carbonyl (C=O) groups is 2. The monoisotopic (exact) mass is 361 g/mol. The number of hydrogen-bond donors (Lipinski definition) is 3. The molecule has 0 radical (unpaired) electrons. The summed E-state index contributed by atoms with van der Waals surface area (Å²) in [6.07, 6.45) is 5.09. The van der Waals surface area contributed by atoms with Crippen LogP contribution in [0.3, 0.4) is 0 Å². The summed E-state index contributed by atoms with van der Waals surface area (Å²) in [5.74, 6) is -0.459. The molecule has 2 aromatic heterocycles. The zero-order valence-corrected chi connectivity index (χ0v) is 14.8. The molecule has 7 nitrogen and oxygen atoms in total. The predicted octanol–water partition coefficient (Wildman–Crippen LogP) is 3.30. The first-order valence-electron chi connectivity index (χ1n) is 8.38. The van der Waals surface area contributed by atoms with Crippen LogP contribution in [0.5, 0.6) is 0 Å². The van der Waals surface area contributed by atoms with Crippen LogP contribution in [0.15, 0.2) is 67.1 Å². The van der Waals surface area contributed by atoms with E-state index in [1.807, 2.05) is 12.1 Å². The van der Waals surface area contributed by atoms with E-state index >= 15 is 0 Å². The Labute approximate surface area is 156 Å². The number of carbonyl (C=O) groups excluding carboxylic acids is 2. The Morgan fingerprint density at radius 2 is 1.67 bits per heavy atom. The maximum atomic E-state index is 12.4. The summed E-state index contributed by atoms with van der Waals surface area (Å²) in [7, 11) is 0. The van der Waals surface area contributed by atoms with E-state index in [2.05, 4.69) is 25.9 Å². The molecule has 2 heterocycles. The molecule has 2 amide bonds. The highest BCUT2D eigenvalue weighted by Gasteiger charge is 2.09. The second kappa shape index (κ2) is 8.57. The number of anilines is 3. The quantitative estimate of drug-likeness (QED) is 0.626. The van der Waals surface area contributed by atoms with E-state index in [9.17, 15) is 9.59 Å². The maximum Gasteiger partial charge on any atom is 0.274 e. The van der Waals surface area contributed by atoms with Crippen LogP contribution in [0, 0.1) is 0 Å². The fourth-order valence-corrected chi connectivity index (χ4v) is 2.41. The molecule has 0 fully saturated rings. The largest absolute Gasteiger partial charge is 0.381 e. The van der Waals surface area contributed by atoms with Gasteiger partial charge in [0, 0.05) is 49.1 Å². The standard InChI is InChI=1S/C20H19N5O2/c1-14(26)24-16-4-6-17(7-5-16)25-20(27)19-11-18(8-10-22-19)23-13-15-3-2-9-21-12-15/h2-12H,13H2,1H3,(H,22,23)(H,24,26)(H,25,27). The molecule has 0 spiro atoms. The van der Waals surface area contributed by atoms with E-state index in [0.717, 1.165) is 11.3 Å². The van der Waals surface area contributed by atoms with Crippen molar-refractivity contribution in [2.45, 2.75) is 13.5 Å². The Bertz CT molecular complexity index is 927. The summed E-state index contributed by atoms with van der Waals surface area (Å²) in [6, 6.07) is 14.2. The minimum absolute atomic E-state index is 0.147. The Kier molecular flexibility index (Phi) is 5.73. The van der Waals surface area contributed by atoms with Crippen molar-refractivity contribution in [2.24, 2.45) is 0 Å². The molecule has 0 aliphatic heterocycles. The Morgan fingerprint density at radius 3 is 2.33 bits per heavy atom. The minimum atomic E-state index is -0.313. The van der Waals surface area contributed by atoms with E-state index < -0.39 is 0 Å². The van der Waals surface area contributed by atoms with Gasteiger partial charge in [0.25, 0.3) is 5.91 Å². The van der Waals surface area contributed by atoms with Crippen molar-refractivity contribution in [3.05, 3.63) is 78.4 Å². The van der Waals surface area contributed by atoms with Crippen molar-refractivity contribution in [3.8, 4) is 0 Å². The van der Waals surface area contributed by atoms with Gasteiger partial charge in [-0.2, -0.15) is 0 Å². The highest BCUT2D eigenvalue weighted by molar-refractivity contribution is 6.03. The van der Waals surface area contributed by atoms with Gasteiger partial charge in [-0.1, -0.05) is 6.07 Å². The molecule has 7 heteroatoms. The first-order chi connectivity index (χ1) is 13.1. The lowest BCUT2D eigenvalue weighted by Gasteiger charge is -2.09. The van der Waals surface area contributed by atoms with E-state index in [1.165, 1.54) is 6.92 Å². The zero-order valence-electron chi connectivity index (χ0n) is 14.8. The molecule has 0 bridgehead atoms. The number of rotatable bonds is 6. The molecule has 3 rings (SSSR count). The first-order valence-corrected chi connectivity index (χ1v) is 8.38. The number of amides is 2. The molecule has 136 valence electrons. The van der Waals surface area contributed by atoms with Gasteiger partial charge in [0.1, 0.15) is 5.69 Å². The fraction of sp³-hybridized carbons (Fsp3) is 0.100. The summed E-state index contributed by atoms with van der Waals surface area (Å²) in [4.78, 5) is 31.7. The van der Waals surface area contributed by atoms with E-state index in [-0.39, 0.29) is 11.8 Å². The number of pyridine rings is 2. The molecule has 27 heavy (non-hydrogen) atoms. The van der Waals surface area contributed by atoms with Gasteiger partial charge in [0.15, 0.2) is 0 Å². The molecule has 0 aliphatic rings. The van der Waals surface area contributed by atoms with Crippen LogP contribution in [0.2, 0.25) is 0 Å². The lowest BCUT2D eigenvalue weighted by atomic mass is 10.2. The van der Waals surface area contributed by atoms with Crippen molar-refractivity contribution in [1.82, 2.24) is 9.97 Å². The molecular formula is C20H19N5O2. The average Bonchev–Trinajstić information content (AvgIpc) is 2.68. The second-order valence-corrected chi connectivity index (χ2v) is 5.86. The summed E-state index contributed by atoms with van der Waals surface area (Å²) in [6.45, 7) is 2.04. The summed E-state index contributed by atoms with van der Waals surface area (Å²) < 4.78 is 0. The molecular weight excluding hydrogens is 342 g/mol. The first kappa shape index (κ1) is 18.1. The molecule has 0 unspecified atom stereocenters. The molecule has 1 aromatic carbocycles. The van der Waals surface area contributed by atoms with Crippen LogP contribution in [0.1, 0.15) is 23.0 Å². The lowest BCUT2D eigenvalue weighted by Crippen LogP contribution is -2.14. The summed E-state index contributed by atoms with van der Waals surface area (Å²) in [5, 5.41) is 8.71. The molecule has 0 saturated carbocycles. The normalized spacial score (nSPS) is 10.1.